The summed E-state index contributed by atoms with van der Waals surface area (Å²) in [5, 5.41) is 17.0. The van der Waals surface area contributed by atoms with E-state index in [0.29, 0.717) is 25.5 Å². The SMILES string of the molecule is CC1(O)CCN(c2nnc(N)o2)C1. The van der Waals surface area contributed by atoms with Crippen LogP contribution in [0.3, 0.4) is 0 Å². The summed E-state index contributed by atoms with van der Waals surface area (Å²) in [5.74, 6) is 0. The van der Waals surface area contributed by atoms with E-state index in [1.54, 1.807) is 6.92 Å². The molecule has 72 valence electrons. The van der Waals surface area contributed by atoms with Crippen molar-refractivity contribution in [3.63, 3.8) is 0 Å². The van der Waals surface area contributed by atoms with Crippen molar-refractivity contribution in [1.82, 2.24) is 10.2 Å². The molecule has 1 atom stereocenters. The fraction of sp³-hybridized carbons (Fsp3) is 0.714. The van der Waals surface area contributed by atoms with Gasteiger partial charge in [0.05, 0.1) is 12.1 Å². The molecule has 0 amide bonds. The zero-order chi connectivity index (χ0) is 9.47. The molecule has 1 unspecified atom stereocenters. The first-order valence-electron chi connectivity index (χ1n) is 4.13. The van der Waals surface area contributed by atoms with Gasteiger partial charge in [0.1, 0.15) is 0 Å². The minimum atomic E-state index is -0.663. The molecule has 0 aliphatic carbocycles. The third-order valence-corrected chi connectivity index (χ3v) is 2.15. The molecule has 0 aromatic carbocycles. The van der Waals surface area contributed by atoms with Gasteiger partial charge in [-0.1, -0.05) is 10.2 Å². The number of nitrogen functional groups attached to an aromatic ring is 1. The third kappa shape index (κ3) is 1.57. The second-order valence-electron chi connectivity index (χ2n) is 3.59. The molecule has 13 heavy (non-hydrogen) atoms. The Labute approximate surface area is 75.3 Å². The number of hydrogen-bond donors (Lipinski definition) is 2. The minimum Gasteiger partial charge on any atom is -0.390 e. The van der Waals surface area contributed by atoms with Crippen LogP contribution in [0.5, 0.6) is 0 Å². The molecule has 0 radical (unpaired) electrons. The number of anilines is 2. The Bertz CT molecular complexity index is 309. The van der Waals surface area contributed by atoms with Crippen molar-refractivity contribution in [3.8, 4) is 0 Å². The van der Waals surface area contributed by atoms with Crippen LogP contribution in [0.4, 0.5) is 12.0 Å². The first kappa shape index (κ1) is 8.31. The quantitative estimate of drug-likeness (QED) is 0.618. The van der Waals surface area contributed by atoms with Crippen molar-refractivity contribution in [1.29, 1.82) is 0 Å². The van der Waals surface area contributed by atoms with Gasteiger partial charge in [-0.25, -0.2) is 0 Å². The molecule has 0 bridgehead atoms. The normalized spacial score (nSPS) is 28.3. The molecule has 1 saturated heterocycles. The Morgan fingerprint density at radius 3 is 2.85 bits per heavy atom. The number of nitrogens with zero attached hydrogens (tertiary/aromatic N) is 3. The topological polar surface area (TPSA) is 88.4 Å². The number of nitrogens with two attached hydrogens (primary N) is 1. The van der Waals surface area contributed by atoms with Crippen molar-refractivity contribution in [2.45, 2.75) is 18.9 Å². The summed E-state index contributed by atoms with van der Waals surface area (Å²) in [7, 11) is 0. The Balaban J connectivity index is 2.12. The van der Waals surface area contributed by atoms with Gasteiger partial charge in [-0.15, -0.1) is 0 Å². The second-order valence-corrected chi connectivity index (χ2v) is 3.59. The molecular weight excluding hydrogens is 172 g/mol. The monoisotopic (exact) mass is 184 g/mol. The molecule has 3 N–H and O–H groups in total. The highest BCUT2D eigenvalue weighted by Gasteiger charge is 2.33. The van der Waals surface area contributed by atoms with Gasteiger partial charge in [-0.05, 0) is 13.3 Å². The summed E-state index contributed by atoms with van der Waals surface area (Å²) in [6, 6.07) is 0.441. The summed E-state index contributed by atoms with van der Waals surface area (Å²) in [5.41, 5.74) is 4.62. The van der Waals surface area contributed by atoms with E-state index in [1.165, 1.54) is 0 Å². The zero-order valence-corrected chi connectivity index (χ0v) is 7.40. The fourth-order valence-electron chi connectivity index (χ4n) is 1.46. The van der Waals surface area contributed by atoms with Crippen molar-refractivity contribution in [3.05, 3.63) is 0 Å². The van der Waals surface area contributed by atoms with Crippen LogP contribution >= 0.6 is 0 Å². The predicted octanol–water partition coefficient (Wildman–Crippen LogP) is -0.387. The highest BCUT2D eigenvalue weighted by atomic mass is 16.4. The van der Waals surface area contributed by atoms with Gasteiger partial charge in [0.2, 0.25) is 0 Å². The molecule has 0 saturated carbocycles. The van der Waals surface area contributed by atoms with E-state index >= 15 is 0 Å². The molecular formula is C7H12N4O2. The lowest BCUT2D eigenvalue weighted by atomic mass is 10.1. The Morgan fingerprint density at radius 1 is 1.62 bits per heavy atom. The third-order valence-electron chi connectivity index (χ3n) is 2.15. The van der Waals surface area contributed by atoms with E-state index in [4.69, 9.17) is 10.2 Å². The number of β-amino-alcohol motifs (C(OH)–C–C–N with tert-alkyl or cyclic N) is 1. The highest BCUT2D eigenvalue weighted by Crippen LogP contribution is 2.25. The summed E-state index contributed by atoms with van der Waals surface area (Å²) in [6.07, 6.45) is 0.704. The maximum absolute atomic E-state index is 9.67. The summed E-state index contributed by atoms with van der Waals surface area (Å²) >= 11 is 0. The Morgan fingerprint density at radius 2 is 2.38 bits per heavy atom. The van der Waals surface area contributed by atoms with E-state index < -0.39 is 5.60 Å². The number of rotatable bonds is 1. The van der Waals surface area contributed by atoms with Crippen LogP contribution in [0, 0.1) is 0 Å². The molecule has 1 aliphatic heterocycles. The molecule has 2 heterocycles. The predicted molar refractivity (Wildman–Crippen MR) is 46.2 cm³/mol. The Kier molecular flexibility index (Phi) is 1.66. The van der Waals surface area contributed by atoms with E-state index in [1.807, 2.05) is 4.90 Å². The Hall–Kier alpha value is -1.30. The van der Waals surface area contributed by atoms with Gasteiger partial charge in [0.25, 0.3) is 0 Å². The minimum absolute atomic E-state index is 0.0570. The number of aromatic nitrogens is 2. The highest BCUT2D eigenvalue weighted by molar-refractivity contribution is 5.30. The van der Waals surface area contributed by atoms with Crippen molar-refractivity contribution in [2.24, 2.45) is 0 Å². The van der Waals surface area contributed by atoms with Gasteiger partial charge in [-0.2, -0.15) is 0 Å². The van der Waals surface area contributed by atoms with Gasteiger partial charge in [0, 0.05) is 6.54 Å². The maximum atomic E-state index is 9.67. The number of hydrogen-bond acceptors (Lipinski definition) is 6. The largest absolute Gasteiger partial charge is 0.390 e. The summed E-state index contributed by atoms with van der Waals surface area (Å²) in [6.45, 7) is 3.01. The summed E-state index contributed by atoms with van der Waals surface area (Å²) in [4.78, 5) is 1.82. The molecule has 1 aliphatic rings. The van der Waals surface area contributed by atoms with Gasteiger partial charge < -0.3 is 20.2 Å². The molecule has 6 nitrogen and oxygen atoms in total. The van der Waals surface area contributed by atoms with Crippen LogP contribution in [-0.4, -0.2) is 34.0 Å². The zero-order valence-electron chi connectivity index (χ0n) is 7.40. The van der Waals surface area contributed by atoms with E-state index in [-0.39, 0.29) is 6.01 Å². The first-order chi connectivity index (χ1) is 6.07. The molecule has 1 aromatic rings. The average Bonchev–Trinajstić information content (AvgIpc) is 2.56. The molecule has 2 rings (SSSR count). The van der Waals surface area contributed by atoms with Gasteiger partial charge >= 0.3 is 12.0 Å². The summed E-state index contributed by atoms with van der Waals surface area (Å²) < 4.78 is 5.03. The lowest BCUT2D eigenvalue weighted by Gasteiger charge is -2.16. The van der Waals surface area contributed by atoms with Crippen LogP contribution < -0.4 is 10.6 Å². The lowest BCUT2D eigenvalue weighted by Crippen LogP contribution is -2.29. The molecule has 6 heteroatoms. The van der Waals surface area contributed by atoms with Crippen molar-refractivity contribution in [2.75, 3.05) is 23.7 Å². The smallest absolute Gasteiger partial charge is 0.319 e. The van der Waals surface area contributed by atoms with Crippen LogP contribution in [0.2, 0.25) is 0 Å². The van der Waals surface area contributed by atoms with Gasteiger partial charge in [-0.3, -0.25) is 0 Å². The van der Waals surface area contributed by atoms with Crippen molar-refractivity contribution >= 4 is 12.0 Å². The van der Waals surface area contributed by atoms with E-state index in [0.717, 1.165) is 0 Å². The van der Waals surface area contributed by atoms with E-state index in [9.17, 15) is 5.11 Å². The molecule has 1 fully saturated rings. The second kappa shape index (κ2) is 2.59. The number of aliphatic hydroxyl groups is 1. The van der Waals surface area contributed by atoms with Crippen LogP contribution in [0.25, 0.3) is 0 Å². The average molecular weight is 184 g/mol. The molecule has 0 spiro atoms. The first-order valence-corrected chi connectivity index (χ1v) is 4.13. The van der Waals surface area contributed by atoms with Crippen LogP contribution in [0.15, 0.2) is 4.42 Å². The molecule has 1 aromatic heterocycles. The lowest BCUT2D eigenvalue weighted by molar-refractivity contribution is 0.0836. The van der Waals surface area contributed by atoms with Crippen LogP contribution in [-0.2, 0) is 0 Å². The van der Waals surface area contributed by atoms with Gasteiger partial charge in [0.15, 0.2) is 0 Å². The van der Waals surface area contributed by atoms with Crippen molar-refractivity contribution < 1.29 is 9.52 Å². The fourth-order valence-corrected chi connectivity index (χ4v) is 1.46. The van der Waals surface area contributed by atoms with E-state index in [2.05, 4.69) is 10.2 Å². The standard InChI is InChI=1S/C7H12N4O2/c1-7(12)2-3-11(4-7)6-10-9-5(8)13-6/h12H,2-4H2,1H3,(H2,8,9). The van der Waals surface area contributed by atoms with Crippen LogP contribution in [0.1, 0.15) is 13.3 Å². The maximum Gasteiger partial charge on any atom is 0.319 e.